The molecule has 0 aromatic heterocycles. The predicted octanol–water partition coefficient (Wildman–Crippen LogP) is 1.56. The van der Waals surface area contributed by atoms with Crippen LogP contribution in [0.3, 0.4) is 0 Å². The van der Waals surface area contributed by atoms with Crippen molar-refractivity contribution >= 4 is 0 Å². The number of hydrogen-bond acceptors (Lipinski definition) is 2. The molecule has 0 atom stereocenters. The topological polar surface area (TPSA) is 46.2 Å². The van der Waals surface area contributed by atoms with E-state index in [4.69, 9.17) is 5.73 Å². The van der Waals surface area contributed by atoms with E-state index in [1.807, 2.05) is 0 Å². The lowest BCUT2D eigenvalue weighted by atomic mass is 9.78. The van der Waals surface area contributed by atoms with Gasteiger partial charge < -0.3 is 10.8 Å². The third-order valence-corrected chi connectivity index (χ3v) is 3.85. The summed E-state index contributed by atoms with van der Waals surface area (Å²) in [5.41, 5.74) is 5.51. The first-order valence-corrected chi connectivity index (χ1v) is 5.18. The van der Waals surface area contributed by atoms with Crippen molar-refractivity contribution in [2.45, 2.75) is 62.5 Å². The Labute approximate surface area is 74.1 Å². The van der Waals surface area contributed by atoms with Crippen LogP contribution in [0.5, 0.6) is 0 Å². The van der Waals surface area contributed by atoms with Crippen molar-refractivity contribution in [3.05, 3.63) is 0 Å². The zero-order chi connectivity index (χ0) is 8.66. The molecule has 0 amide bonds. The molecule has 2 heteroatoms. The molecule has 2 aliphatic carbocycles. The molecule has 0 aromatic rings. The molecule has 3 N–H and O–H groups in total. The highest BCUT2D eigenvalue weighted by Gasteiger charge is 2.49. The zero-order valence-corrected chi connectivity index (χ0v) is 7.68. The van der Waals surface area contributed by atoms with E-state index in [9.17, 15) is 5.11 Å². The van der Waals surface area contributed by atoms with Crippen molar-refractivity contribution in [3.63, 3.8) is 0 Å². The van der Waals surface area contributed by atoms with Gasteiger partial charge in [0.15, 0.2) is 0 Å². The van der Waals surface area contributed by atoms with E-state index in [-0.39, 0.29) is 5.54 Å². The van der Waals surface area contributed by atoms with Crippen LogP contribution in [-0.4, -0.2) is 16.2 Å². The first-order chi connectivity index (χ1) is 5.66. The normalized spacial score (nSPS) is 32.5. The van der Waals surface area contributed by atoms with E-state index in [1.54, 1.807) is 0 Å². The summed E-state index contributed by atoms with van der Waals surface area (Å²) >= 11 is 0. The molecule has 0 bridgehead atoms. The quantitative estimate of drug-likeness (QED) is 0.625. The third-order valence-electron chi connectivity index (χ3n) is 3.85. The predicted molar refractivity (Wildman–Crippen MR) is 48.8 cm³/mol. The molecule has 2 nitrogen and oxygen atoms in total. The number of aliphatic hydroxyl groups is 1. The summed E-state index contributed by atoms with van der Waals surface area (Å²) in [7, 11) is 0. The van der Waals surface area contributed by atoms with Gasteiger partial charge in [-0.15, -0.1) is 0 Å². The molecule has 70 valence electrons. The summed E-state index contributed by atoms with van der Waals surface area (Å²) in [6.45, 7) is 0. The van der Waals surface area contributed by atoms with Gasteiger partial charge in [0.25, 0.3) is 0 Å². The minimum atomic E-state index is -0.510. The molecule has 2 rings (SSSR count). The number of nitrogens with two attached hydrogens (primary N) is 1. The molecule has 0 unspecified atom stereocenters. The van der Waals surface area contributed by atoms with E-state index < -0.39 is 5.60 Å². The molecule has 0 aliphatic heterocycles. The number of rotatable bonds is 1. The second-order valence-corrected chi connectivity index (χ2v) is 4.60. The molecule has 2 fully saturated rings. The average molecular weight is 169 g/mol. The van der Waals surface area contributed by atoms with Crippen LogP contribution in [0.4, 0.5) is 0 Å². The van der Waals surface area contributed by atoms with Crippen molar-refractivity contribution in [1.82, 2.24) is 0 Å². The Morgan fingerprint density at radius 3 is 1.75 bits per heavy atom. The van der Waals surface area contributed by atoms with E-state index in [0.717, 1.165) is 38.5 Å². The lowest BCUT2D eigenvalue weighted by Crippen LogP contribution is -2.57. The van der Waals surface area contributed by atoms with Crippen LogP contribution < -0.4 is 5.73 Å². The second kappa shape index (κ2) is 2.71. The molecule has 2 aliphatic rings. The molecular weight excluding hydrogens is 150 g/mol. The van der Waals surface area contributed by atoms with Crippen molar-refractivity contribution in [2.24, 2.45) is 5.73 Å². The Morgan fingerprint density at radius 2 is 1.25 bits per heavy atom. The maximum Gasteiger partial charge on any atom is 0.0826 e. The highest BCUT2D eigenvalue weighted by molar-refractivity contribution is 5.07. The standard InChI is InChI=1S/C10H19NO/c11-9(5-1-2-6-9)10(12)7-3-4-8-10/h12H,1-8,11H2. The van der Waals surface area contributed by atoms with Crippen LogP contribution in [0.25, 0.3) is 0 Å². The van der Waals surface area contributed by atoms with Gasteiger partial charge in [-0.1, -0.05) is 25.7 Å². The van der Waals surface area contributed by atoms with Gasteiger partial charge in [-0.05, 0) is 25.7 Å². The second-order valence-electron chi connectivity index (χ2n) is 4.60. The van der Waals surface area contributed by atoms with E-state index in [2.05, 4.69) is 0 Å². The van der Waals surface area contributed by atoms with E-state index in [0.29, 0.717) is 0 Å². The van der Waals surface area contributed by atoms with Crippen LogP contribution >= 0.6 is 0 Å². The van der Waals surface area contributed by atoms with Crippen molar-refractivity contribution in [2.75, 3.05) is 0 Å². The molecule has 0 radical (unpaired) electrons. The monoisotopic (exact) mass is 169 g/mol. The largest absolute Gasteiger partial charge is 0.388 e. The summed E-state index contributed by atoms with van der Waals surface area (Å²) in [5.74, 6) is 0. The van der Waals surface area contributed by atoms with Gasteiger partial charge in [-0.3, -0.25) is 0 Å². The van der Waals surface area contributed by atoms with Crippen molar-refractivity contribution in [3.8, 4) is 0 Å². The van der Waals surface area contributed by atoms with Crippen LogP contribution in [0.15, 0.2) is 0 Å². The Bertz CT molecular complexity index is 147. The van der Waals surface area contributed by atoms with Gasteiger partial charge >= 0.3 is 0 Å². The Hall–Kier alpha value is -0.0800. The maximum absolute atomic E-state index is 10.3. The summed E-state index contributed by atoms with van der Waals surface area (Å²) < 4.78 is 0. The molecule has 0 saturated heterocycles. The first-order valence-electron chi connectivity index (χ1n) is 5.18. The fraction of sp³-hybridized carbons (Fsp3) is 1.00. The molecule has 0 spiro atoms. The molecule has 2 saturated carbocycles. The van der Waals surface area contributed by atoms with Crippen LogP contribution in [0.2, 0.25) is 0 Å². The SMILES string of the molecule is NC1(C2(O)CCCC2)CCCC1. The number of hydrogen-bond donors (Lipinski definition) is 2. The lowest BCUT2D eigenvalue weighted by Gasteiger charge is -2.39. The van der Waals surface area contributed by atoms with Gasteiger partial charge in [-0.25, -0.2) is 0 Å². The Kier molecular flexibility index (Phi) is 1.92. The van der Waals surface area contributed by atoms with Crippen LogP contribution in [0, 0.1) is 0 Å². The van der Waals surface area contributed by atoms with Gasteiger partial charge in [0.1, 0.15) is 0 Å². The smallest absolute Gasteiger partial charge is 0.0826 e. The Morgan fingerprint density at radius 1 is 0.833 bits per heavy atom. The van der Waals surface area contributed by atoms with E-state index >= 15 is 0 Å². The molecular formula is C10H19NO. The molecule has 0 aromatic carbocycles. The van der Waals surface area contributed by atoms with Crippen molar-refractivity contribution in [1.29, 1.82) is 0 Å². The minimum Gasteiger partial charge on any atom is -0.388 e. The third kappa shape index (κ3) is 1.09. The van der Waals surface area contributed by atoms with Crippen molar-refractivity contribution < 1.29 is 5.11 Å². The Balaban J connectivity index is 2.14. The first kappa shape index (κ1) is 8.52. The summed E-state index contributed by atoms with van der Waals surface area (Å²) in [4.78, 5) is 0. The zero-order valence-electron chi connectivity index (χ0n) is 7.68. The van der Waals surface area contributed by atoms with Gasteiger partial charge in [0, 0.05) is 5.54 Å². The van der Waals surface area contributed by atoms with E-state index in [1.165, 1.54) is 12.8 Å². The molecule has 12 heavy (non-hydrogen) atoms. The minimum absolute atomic E-state index is 0.233. The highest BCUT2D eigenvalue weighted by Crippen LogP contribution is 2.45. The summed E-state index contributed by atoms with van der Waals surface area (Å²) in [5, 5.41) is 10.3. The summed E-state index contributed by atoms with van der Waals surface area (Å²) in [6, 6.07) is 0. The van der Waals surface area contributed by atoms with Gasteiger partial charge in [-0.2, -0.15) is 0 Å². The maximum atomic E-state index is 10.3. The van der Waals surface area contributed by atoms with Crippen LogP contribution in [0.1, 0.15) is 51.4 Å². The lowest BCUT2D eigenvalue weighted by molar-refractivity contribution is -0.0276. The fourth-order valence-electron chi connectivity index (χ4n) is 2.93. The van der Waals surface area contributed by atoms with Gasteiger partial charge in [0.05, 0.1) is 5.60 Å². The average Bonchev–Trinajstić information content (AvgIpc) is 2.60. The van der Waals surface area contributed by atoms with Crippen LogP contribution in [-0.2, 0) is 0 Å². The molecule has 0 heterocycles. The highest BCUT2D eigenvalue weighted by atomic mass is 16.3. The fourth-order valence-corrected chi connectivity index (χ4v) is 2.93. The summed E-state index contributed by atoms with van der Waals surface area (Å²) in [6.07, 6.45) is 8.67. The van der Waals surface area contributed by atoms with Gasteiger partial charge in [0.2, 0.25) is 0 Å².